The Kier molecular flexibility index (Phi) is 6.42. The summed E-state index contributed by atoms with van der Waals surface area (Å²) in [5.74, 6) is 0.280. The molecule has 5 nitrogen and oxygen atoms in total. The summed E-state index contributed by atoms with van der Waals surface area (Å²) in [4.78, 5) is 25.6. The van der Waals surface area contributed by atoms with Crippen LogP contribution in [0.25, 0.3) is 0 Å². The molecule has 0 radical (unpaired) electrons. The number of nitrogens with zero attached hydrogens (tertiary/aromatic N) is 1. The topological polar surface area (TPSA) is 61.4 Å². The van der Waals surface area contributed by atoms with Crippen molar-refractivity contribution in [2.45, 2.75) is 44.7 Å². The van der Waals surface area contributed by atoms with E-state index in [1.54, 1.807) is 0 Å². The predicted octanol–water partition coefficient (Wildman–Crippen LogP) is 1.99. The number of hydrogen-bond acceptors (Lipinski definition) is 3. The molecule has 2 fully saturated rings. The van der Waals surface area contributed by atoms with E-state index in [1.165, 1.54) is 0 Å². The van der Waals surface area contributed by atoms with Gasteiger partial charge in [0.2, 0.25) is 11.8 Å². The lowest BCUT2D eigenvalue weighted by Crippen LogP contribution is -2.46. The van der Waals surface area contributed by atoms with Gasteiger partial charge in [0.1, 0.15) is 0 Å². The maximum Gasteiger partial charge on any atom is 0.237 e. The monoisotopic (exact) mass is 337 g/mol. The van der Waals surface area contributed by atoms with Gasteiger partial charge in [0, 0.05) is 25.2 Å². The van der Waals surface area contributed by atoms with E-state index in [0.717, 1.165) is 50.0 Å². The molecule has 0 aliphatic carbocycles. The van der Waals surface area contributed by atoms with Crippen molar-refractivity contribution >= 4 is 29.9 Å². The number of halogens is 1. The van der Waals surface area contributed by atoms with E-state index in [4.69, 9.17) is 0 Å². The average Bonchev–Trinajstić information content (AvgIpc) is 3.00. The highest BCUT2D eigenvalue weighted by Gasteiger charge is 2.22. The molecule has 1 aromatic carbocycles. The molecular formula is C17H24ClN3O2. The van der Waals surface area contributed by atoms with E-state index in [1.807, 2.05) is 29.2 Å². The minimum Gasteiger partial charge on any atom is -0.351 e. The highest BCUT2D eigenvalue weighted by Crippen LogP contribution is 2.21. The minimum absolute atomic E-state index is 0. The molecule has 126 valence electrons. The first-order chi connectivity index (χ1) is 10.7. The third-order valence-electron chi connectivity index (χ3n) is 4.41. The van der Waals surface area contributed by atoms with E-state index in [2.05, 4.69) is 10.6 Å². The molecule has 1 aromatic rings. The van der Waals surface area contributed by atoms with Crippen LogP contribution < -0.4 is 15.5 Å². The molecule has 2 aliphatic heterocycles. The Morgan fingerprint density at radius 3 is 2.61 bits per heavy atom. The van der Waals surface area contributed by atoms with Crippen LogP contribution in [-0.2, 0) is 16.1 Å². The molecule has 1 atom stereocenters. The Labute approximate surface area is 143 Å². The van der Waals surface area contributed by atoms with E-state index >= 15 is 0 Å². The molecule has 2 aliphatic rings. The summed E-state index contributed by atoms with van der Waals surface area (Å²) >= 11 is 0. The lowest BCUT2D eigenvalue weighted by molar-refractivity contribution is -0.123. The summed E-state index contributed by atoms with van der Waals surface area (Å²) in [5.41, 5.74) is 2.01. The summed E-state index contributed by atoms with van der Waals surface area (Å²) in [6.07, 6.45) is 4.77. The maximum absolute atomic E-state index is 12.1. The first kappa shape index (κ1) is 17.8. The maximum atomic E-state index is 12.1. The Morgan fingerprint density at radius 1 is 1.22 bits per heavy atom. The van der Waals surface area contributed by atoms with Crippen molar-refractivity contribution in [2.24, 2.45) is 0 Å². The number of anilines is 1. The smallest absolute Gasteiger partial charge is 0.237 e. The molecule has 0 bridgehead atoms. The van der Waals surface area contributed by atoms with Crippen molar-refractivity contribution in [1.29, 1.82) is 0 Å². The molecule has 0 spiro atoms. The lowest BCUT2D eigenvalue weighted by Gasteiger charge is -2.22. The molecule has 0 saturated carbocycles. The van der Waals surface area contributed by atoms with Gasteiger partial charge in [-0.3, -0.25) is 9.59 Å². The van der Waals surface area contributed by atoms with Crippen molar-refractivity contribution in [3.8, 4) is 0 Å². The van der Waals surface area contributed by atoms with Crippen LogP contribution in [-0.4, -0.2) is 30.9 Å². The largest absolute Gasteiger partial charge is 0.351 e. The standard InChI is InChI=1S/C17H23N3O2.ClH/c21-16-5-3-11-20(16)14-8-6-13(7-9-14)12-19-17(22)15-4-1-2-10-18-15;/h6-9,15,18H,1-5,10-12H2,(H,19,22);1H/t15-;/m1./s1. The fraction of sp³-hybridized carbons (Fsp3) is 0.529. The molecule has 2 amide bonds. The average molecular weight is 338 g/mol. The summed E-state index contributed by atoms with van der Waals surface area (Å²) in [5, 5.41) is 6.23. The first-order valence-corrected chi connectivity index (χ1v) is 8.14. The molecular weight excluding hydrogens is 314 g/mol. The zero-order chi connectivity index (χ0) is 15.4. The van der Waals surface area contributed by atoms with Crippen molar-refractivity contribution in [2.75, 3.05) is 18.0 Å². The van der Waals surface area contributed by atoms with Gasteiger partial charge < -0.3 is 15.5 Å². The fourth-order valence-corrected chi connectivity index (χ4v) is 3.10. The molecule has 6 heteroatoms. The zero-order valence-electron chi connectivity index (χ0n) is 13.2. The van der Waals surface area contributed by atoms with Gasteiger partial charge in [-0.15, -0.1) is 12.4 Å². The fourth-order valence-electron chi connectivity index (χ4n) is 3.10. The van der Waals surface area contributed by atoms with Crippen LogP contribution in [0.1, 0.15) is 37.7 Å². The normalized spacial score (nSPS) is 21.0. The second-order valence-corrected chi connectivity index (χ2v) is 6.04. The van der Waals surface area contributed by atoms with Crippen molar-refractivity contribution in [1.82, 2.24) is 10.6 Å². The Hall–Kier alpha value is -1.59. The molecule has 2 saturated heterocycles. The van der Waals surface area contributed by atoms with Crippen molar-refractivity contribution in [3.63, 3.8) is 0 Å². The van der Waals surface area contributed by atoms with E-state index in [-0.39, 0.29) is 30.3 Å². The van der Waals surface area contributed by atoms with Gasteiger partial charge in [-0.2, -0.15) is 0 Å². The summed E-state index contributed by atoms with van der Waals surface area (Å²) in [6, 6.07) is 7.84. The predicted molar refractivity (Wildman–Crippen MR) is 92.8 cm³/mol. The van der Waals surface area contributed by atoms with Crippen LogP contribution in [0.3, 0.4) is 0 Å². The van der Waals surface area contributed by atoms with Gasteiger partial charge in [-0.1, -0.05) is 18.6 Å². The van der Waals surface area contributed by atoms with Crippen molar-refractivity contribution in [3.05, 3.63) is 29.8 Å². The van der Waals surface area contributed by atoms with Crippen LogP contribution in [0.4, 0.5) is 5.69 Å². The zero-order valence-corrected chi connectivity index (χ0v) is 14.0. The van der Waals surface area contributed by atoms with Gasteiger partial charge in [0.25, 0.3) is 0 Å². The first-order valence-electron chi connectivity index (χ1n) is 8.14. The minimum atomic E-state index is -0.0461. The van der Waals surface area contributed by atoms with E-state index in [0.29, 0.717) is 13.0 Å². The molecule has 2 heterocycles. The highest BCUT2D eigenvalue weighted by molar-refractivity contribution is 5.95. The third-order valence-corrected chi connectivity index (χ3v) is 4.41. The summed E-state index contributed by atoms with van der Waals surface area (Å²) < 4.78 is 0. The second-order valence-electron chi connectivity index (χ2n) is 6.04. The number of carbonyl (C=O) groups excluding carboxylic acids is 2. The van der Waals surface area contributed by atoms with Gasteiger partial charge >= 0.3 is 0 Å². The molecule has 23 heavy (non-hydrogen) atoms. The van der Waals surface area contributed by atoms with E-state index in [9.17, 15) is 9.59 Å². The molecule has 2 N–H and O–H groups in total. The van der Waals surface area contributed by atoms with Crippen LogP contribution in [0.2, 0.25) is 0 Å². The third kappa shape index (κ3) is 4.45. The number of nitrogens with one attached hydrogen (secondary N) is 2. The van der Waals surface area contributed by atoms with Crippen molar-refractivity contribution < 1.29 is 9.59 Å². The number of carbonyl (C=O) groups is 2. The molecule has 3 rings (SSSR count). The summed E-state index contributed by atoms with van der Waals surface area (Å²) in [7, 11) is 0. The van der Waals surface area contributed by atoms with Gasteiger partial charge in [-0.25, -0.2) is 0 Å². The summed E-state index contributed by atoms with van der Waals surface area (Å²) in [6.45, 7) is 2.27. The van der Waals surface area contributed by atoms with Crippen LogP contribution in [0.15, 0.2) is 24.3 Å². The van der Waals surface area contributed by atoms with E-state index < -0.39 is 0 Å². The Morgan fingerprint density at radius 2 is 2.00 bits per heavy atom. The number of piperidine rings is 1. The number of hydrogen-bond donors (Lipinski definition) is 2. The molecule has 0 unspecified atom stereocenters. The number of benzene rings is 1. The number of rotatable bonds is 4. The highest BCUT2D eigenvalue weighted by atomic mass is 35.5. The number of amides is 2. The van der Waals surface area contributed by atoms with Gasteiger partial charge in [0.15, 0.2) is 0 Å². The Bertz CT molecular complexity index is 541. The SMILES string of the molecule is Cl.O=C(NCc1ccc(N2CCCC2=O)cc1)[C@H]1CCCCN1. The molecule has 0 aromatic heterocycles. The quantitative estimate of drug-likeness (QED) is 0.883. The van der Waals surface area contributed by atoms with Crippen LogP contribution in [0.5, 0.6) is 0 Å². The van der Waals surface area contributed by atoms with Gasteiger partial charge in [0.05, 0.1) is 6.04 Å². The second kappa shape index (κ2) is 8.31. The lowest BCUT2D eigenvalue weighted by atomic mass is 10.0. The Balaban J connectivity index is 0.00000192. The van der Waals surface area contributed by atoms with Gasteiger partial charge in [-0.05, 0) is 43.5 Å². The van der Waals surface area contributed by atoms with Crippen LogP contribution in [0, 0.1) is 0 Å². The van der Waals surface area contributed by atoms with Crippen LogP contribution >= 0.6 is 12.4 Å².